The van der Waals surface area contributed by atoms with Gasteiger partial charge in [-0.3, -0.25) is 4.79 Å². The molecule has 2 rings (SSSR count). The predicted octanol–water partition coefficient (Wildman–Crippen LogP) is 0.324. The van der Waals surface area contributed by atoms with Crippen LogP contribution in [0.2, 0.25) is 0 Å². The standard InChI is InChI=1S/C12H19NO3/c14-4-6-16-5-3-13-12(15)11-8-9-1-2-10(11)7-9/h1-2,9-11,14H,3-8H2,(H,13,15). The van der Waals surface area contributed by atoms with Gasteiger partial charge in [0.25, 0.3) is 0 Å². The Labute approximate surface area is 95.7 Å². The zero-order valence-electron chi connectivity index (χ0n) is 9.39. The van der Waals surface area contributed by atoms with Crippen LogP contribution in [0.1, 0.15) is 12.8 Å². The monoisotopic (exact) mass is 225 g/mol. The summed E-state index contributed by atoms with van der Waals surface area (Å²) in [4.78, 5) is 11.8. The molecule has 0 saturated heterocycles. The molecule has 0 aromatic heterocycles. The lowest BCUT2D eigenvalue weighted by atomic mass is 9.93. The van der Waals surface area contributed by atoms with Gasteiger partial charge in [0.2, 0.25) is 5.91 Å². The quantitative estimate of drug-likeness (QED) is 0.506. The van der Waals surface area contributed by atoms with Crippen LogP contribution in [0, 0.1) is 17.8 Å². The number of nitrogens with one attached hydrogen (secondary N) is 1. The van der Waals surface area contributed by atoms with E-state index in [0.717, 1.165) is 12.8 Å². The molecule has 3 unspecified atom stereocenters. The lowest BCUT2D eigenvalue weighted by Gasteiger charge is -2.17. The van der Waals surface area contributed by atoms with E-state index in [1.807, 2.05) is 0 Å². The Morgan fingerprint density at radius 2 is 2.25 bits per heavy atom. The van der Waals surface area contributed by atoms with Crippen LogP contribution in [-0.4, -0.2) is 37.4 Å². The fourth-order valence-corrected chi connectivity index (χ4v) is 2.63. The van der Waals surface area contributed by atoms with Crippen molar-refractivity contribution < 1.29 is 14.6 Å². The number of rotatable bonds is 6. The van der Waals surface area contributed by atoms with Gasteiger partial charge in [-0.2, -0.15) is 0 Å². The van der Waals surface area contributed by atoms with Gasteiger partial charge >= 0.3 is 0 Å². The maximum absolute atomic E-state index is 11.8. The SMILES string of the molecule is O=C(NCCOCCO)C1CC2C=CC1C2. The Balaban J connectivity index is 1.63. The number of carbonyl (C=O) groups excluding carboxylic acids is 1. The van der Waals surface area contributed by atoms with Gasteiger partial charge in [0.1, 0.15) is 0 Å². The molecule has 1 amide bonds. The minimum atomic E-state index is 0.0329. The van der Waals surface area contributed by atoms with E-state index in [1.54, 1.807) is 0 Å². The summed E-state index contributed by atoms with van der Waals surface area (Å²) in [6, 6.07) is 0. The molecule has 90 valence electrons. The molecule has 2 aliphatic carbocycles. The molecular weight excluding hydrogens is 206 g/mol. The summed E-state index contributed by atoms with van der Waals surface area (Å²) < 4.78 is 5.08. The van der Waals surface area contributed by atoms with E-state index < -0.39 is 0 Å². The van der Waals surface area contributed by atoms with Gasteiger partial charge in [0.05, 0.1) is 19.8 Å². The molecule has 3 atom stereocenters. The van der Waals surface area contributed by atoms with Crippen molar-refractivity contribution in [3.8, 4) is 0 Å². The van der Waals surface area contributed by atoms with Crippen molar-refractivity contribution in [1.29, 1.82) is 0 Å². The minimum Gasteiger partial charge on any atom is -0.394 e. The number of ether oxygens (including phenoxy) is 1. The van der Waals surface area contributed by atoms with Gasteiger partial charge in [-0.1, -0.05) is 12.2 Å². The Kier molecular flexibility index (Phi) is 3.96. The number of amides is 1. The summed E-state index contributed by atoms with van der Waals surface area (Å²) in [7, 11) is 0. The Morgan fingerprint density at radius 3 is 2.88 bits per heavy atom. The summed E-state index contributed by atoms with van der Waals surface area (Å²) in [6.07, 6.45) is 6.57. The van der Waals surface area contributed by atoms with Crippen molar-refractivity contribution in [3.63, 3.8) is 0 Å². The molecule has 2 N–H and O–H groups in total. The van der Waals surface area contributed by atoms with E-state index in [2.05, 4.69) is 17.5 Å². The van der Waals surface area contributed by atoms with Crippen molar-refractivity contribution in [1.82, 2.24) is 5.32 Å². The number of hydrogen-bond donors (Lipinski definition) is 2. The number of carbonyl (C=O) groups is 1. The second-order valence-electron chi connectivity index (χ2n) is 4.51. The van der Waals surface area contributed by atoms with Gasteiger partial charge in [0.15, 0.2) is 0 Å². The molecular formula is C12H19NO3. The van der Waals surface area contributed by atoms with E-state index in [0.29, 0.717) is 31.6 Å². The van der Waals surface area contributed by atoms with Gasteiger partial charge in [-0.25, -0.2) is 0 Å². The Bertz CT molecular complexity index is 277. The molecule has 1 fully saturated rings. The van der Waals surface area contributed by atoms with Crippen LogP contribution < -0.4 is 5.32 Å². The summed E-state index contributed by atoms with van der Waals surface area (Å²) in [5.41, 5.74) is 0. The first-order chi connectivity index (χ1) is 7.81. The molecule has 0 heterocycles. The molecule has 2 bridgehead atoms. The van der Waals surface area contributed by atoms with E-state index in [1.165, 1.54) is 0 Å². The molecule has 4 heteroatoms. The fourth-order valence-electron chi connectivity index (χ4n) is 2.63. The highest BCUT2D eigenvalue weighted by molar-refractivity contribution is 5.79. The third-order valence-electron chi connectivity index (χ3n) is 3.40. The predicted molar refractivity (Wildman–Crippen MR) is 59.8 cm³/mol. The third-order valence-corrected chi connectivity index (χ3v) is 3.40. The van der Waals surface area contributed by atoms with Gasteiger partial charge in [0, 0.05) is 12.5 Å². The number of aliphatic hydroxyl groups excluding tert-OH is 1. The number of aliphatic hydroxyl groups is 1. The zero-order valence-corrected chi connectivity index (χ0v) is 9.39. The first-order valence-electron chi connectivity index (χ1n) is 5.96. The summed E-state index contributed by atoms with van der Waals surface area (Å²) in [5, 5.41) is 11.4. The Hall–Kier alpha value is -0.870. The molecule has 0 radical (unpaired) electrons. The molecule has 16 heavy (non-hydrogen) atoms. The summed E-state index contributed by atoms with van der Waals surface area (Å²) in [5.74, 6) is 1.42. The van der Waals surface area contributed by atoms with Crippen molar-refractivity contribution in [2.24, 2.45) is 17.8 Å². The van der Waals surface area contributed by atoms with Crippen LogP contribution in [0.4, 0.5) is 0 Å². The maximum Gasteiger partial charge on any atom is 0.223 e. The third kappa shape index (κ3) is 2.62. The first kappa shape index (κ1) is 11.6. The van der Waals surface area contributed by atoms with Gasteiger partial charge in [-0.15, -0.1) is 0 Å². The van der Waals surface area contributed by atoms with Crippen molar-refractivity contribution in [3.05, 3.63) is 12.2 Å². The van der Waals surface area contributed by atoms with E-state index in [-0.39, 0.29) is 18.4 Å². The summed E-state index contributed by atoms with van der Waals surface area (Å²) >= 11 is 0. The molecule has 0 aromatic carbocycles. The van der Waals surface area contributed by atoms with Crippen LogP contribution in [0.25, 0.3) is 0 Å². The van der Waals surface area contributed by atoms with Crippen LogP contribution in [0.5, 0.6) is 0 Å². The molecule has 2 aliphatic rings. The average Bonchev–Trinajstić information content (AvgIpc) is 2.90. The second kappa shape index (κ2) is 5.46. The number of fused-ring (bicyclic) bond motifs is 2. The lowest BCUT2D eigenvalue weighted by Crippen LogP contribution is -2.35. The molecule has 4 nitrogen and oxygen atoms in total. The molecule has 0 aliphatic heterocycles. The van der Waals surface area contributed by atoms with Crippen molar-refractivity contribution in [2.45, 2.75) is 12.8 Å². The zero-order chi connectivity index (χ0) is 11.4. The minimum absolute atomic E-state index is 0.0329. The fraction of sp³-hybridized carbons (Fsp3) is 0.750. The highest BCUT2D eigenvalue weighted by Gasteiger charge is 2.39. The molecule has 1 saturated carbocycles. The average molecular weight is 225 g/mol. The number of hydrogen-bond acceptors (Lipinski definition) is 3. The molecule has 0 spiro atoms. The van der Waals surface area contributed by atoms with E-state index in [9.17, 15) is 4.79 Å². The van der Waals surface area contributed by atoms with Crippen LogP contribution in [-0.2, 0) is 9.53 Å². The lowest BCUT2D eigenvalue weighted by molar-refractivity contribution is -0.125. The summed E-state index contributed by atoms with van der Waals surface area (Å²) in [6.45, 7) is 1.39. The topological polar surface area (TPSA) is 58.6 Å². The largest absolute Gasteiger partial charge is 0.394 e. The van der Waals surface area contributed by atoms with E-state index >= 15 is 0 Å². The first-order valence-corrected chi connectivity index (χ1v) is 5.96. The van der Waals surface area contributed by atoms with E-state index in [4.69, 9.17) is 9.84 Å². The Morgan fingerprint density at radius 1 is 1.38 bits per heavy atom. The smallest absolute Gasteiger partial charge is 0.223 e. The van der Waals surface area contributed by atoms with Crippen LogP contribution in [0.3, 0.4) is 0 Å². The van der Waals surface area contributed by atoms with Crippen molar-refractivity contribution >= 4 is 5.91 Å². The van der Waals surface area contributed by atoms with Gasteiger partial charge in [-0.05, 0) is 24.7 Å². The van der Waals surface area contributed by atoms with Crippen molar-refractivity contribution in [2.75, 3.05) is 26.4 Å². The maximum atomic E-state index is 11.8. The van der Waals surface area contributed by atoms with Crippen LogP contribution in [0.15, 0.2) is 12.2 Å². The second-order valence-corrected chi connectivity index (χ2v) is 4.51. The van der Waals surface area contributed by atoms with Gasteiger partial charge < -0.3 is 15.2 Å². The normalized spacial score (nSPS) is 30.9. The molecule has 0 aromatic rings. The van der Waals surface area contributed by atoms with Crippen LogP contribution >= 0.6 is 0 Å². The highest BCUT2D eigenvalue weighted by Crippen LogP contribution is 2.43. The highest BCUT2D eigenvalue weighted by atomic mass is 16.5. The number of allylic oxidation sites excluding steroid dienone is 2.